The molecule has 106 valence electrons. The summed E-state index contributed by atoms with van der Waals surface area (Å²) >= 11 is 0. The molecule has 5 nitrogen and oxygen atoms in total. The zero-order valence-corrected chi connectivity index (χ0v) is 12.1. The molecule has 5 heteroatoms. The summed E-state index contributed by atoms with van der Waals surface area (Å²) in [5.41, 5.74) is 0. The second-order valence-corrected chi connectivity index (χ2v) is 4.90. The lowest BCUT2D eigenvalue weighted by atomic mass is 10.1. The van der Waals surface area contributed by atoms with E-state index in [2.05, 4.69) is 29.1 Å². The van der Waals surface area contributed by atoms with Crippen LogP contribution in [0.3, 0.4) is 0 Å². The van der Waals surface area contributed by atoms with Crippen molar-refractivity contribution in [1.29, 1.82) is 0 Å². The van der Waals surface area contributed by atoms with E-state index in [-0.39, 0.29) is 12.0 Å². The lowest BCUT2D eigenvalue weighted by Crippen LogP contribution is -2.55. The minimum atomic E-state index is -0.217. The molecule has 0 aromatic carbocycles. The summed E-state index contributed by atoms with van der Waals surface area (Å²) < 4.78 is 5.07. The van der Waals surface area contributed by atoms with Crippen LogP contribution in [0.1, 0.15) is 20.3 Å². The van der Waals surface area contributed by atoms with Crippen molar-refractivity contribution >= 4 is 5.97 Å². The number of ether oxygens (including phenoxy) is 1. The van der Waals surface area contributed by atoms with Crippen LogP contribution < -0.4 is 5.32 Å². The summed E-state index contributed by atoms with van der Waals surface area (Å²) in [7, 11) is 3.99. The number of likely N-dealkylation sites (N-methyl/N-ethyl adjacent to an activating group) is 2. The van der Waals surface area contributed by atoms with Gasteiger partial charge in [0.15, 0.2) is 0 Å². The van der Waals surface area contributed by atoms with Crippen molar-refractivity contribution in [2.75, 3.05) is 46.9 Å². The van der Waals surface area contributed by atoms with Crippen molar-refractivity contribution in [2.45, 2.75) is 32.4 Å². The van der Waals surface area contributed by atoms with Gasteiger partial charge in [-0.05, 0) is 27.4 Å². The van der Waals surface area contributed by atoms with Gasteiger partial charge >= 0.3 is 5.97 Å². The molecule has 1 heterocycles. The molecule has 0 radical (unpaired) electrons. The number of nitrogens with zero attached hydrogens (tertiary/aromatic N) is 2. The first-order chi connectivity index (χ1) is 8.62. The van der Waals surface area contributed by atoms with E-state index in [1.165, 1.54) is 0 Å². The minimum absolute atomic E-state index is 0.146. The average Bonchev–Trinajstić information content (AvgIpc) is 2.37. The van der Waals surface area contributed by atoms with Gasteiger partial charge in [-0.25, -0.2) is 0 Å². The smallest absolute Gasteiger partial charge is 0.324 e. The zero-order valence-electron chi connectivity index (χ0n) is 12.1. The van der Waals surface area contributed by atoms with Crippen molar-refractivity contribution in [3.63, 3.8) is 0 Å². The Labute approximate surface area is 110 Å². The predicted octanol–water partition coefficient (Wildman–Crippen LogP) is 0.164. The maximum atomic E-state index is 11.7. The Balaban J connectivity index is 2.47. The fourth-order valence-electron chi connectivity index (χ4n) is 2.40. The maximum absolute atomic E-state index is 11.7. The van der Waals surface area contributed by atoms with Crippen LogP contribution >= 0.6 is 0 Å². The first-order valence-electron chi connectivity index (χ1n) is 6.88. The summed E-state index contributed by atoms with van der Waals surface area (Å²) in [6.45, 7) is 8.35. The first kappa shape index (κ1) is 15.4. The molecule has 0 aromatic rings. The molecule has 1 aliphatic heterocycles. The van der Waals surface area contributed by atoms with Gasteiger partial charge in [0.2, 0.25) is 0 Å². The normalized spacial score (nSPS) is 23.9. The minimum Gasteiger partial charge on any atom is -0.465 e. The number of carbonyl (C=O) groups is 1. The van der Waals surface area contributed by atoms with Gasteiger partial charge in [-0.15, -0.1) is 0 Å². The second-order valence-electron chi connectivity index (χ2n) is 4.90. The van der Waals surface area contributed by atoms with Crippen LogP contribution in [0.5, 0.6) is 0 Å². The maximum Gasteiger partial charge on any atom is 0.324 e. The highest BCUT2D eigenvalue weighted by molar-refractivity contribution is 5.76. The molecule has 2 atom stereocenters. The highest BCUT2D eigenvalue weighted by Crippen LogP contribution is 2.11. The van der Waals surface area contributed by atoms with Crippen LogP contribution in [0.4, 0.5) is 0 Å². The molecule has 1 rings (SSSR count). The highest BCUT2D eigenvalue weighted by atomic mass is 16.5. The van der Waals surface area contributed by atoms with Gasteiger partial charge in [-0.3, -0.25) is 9.69 Å². The Morgan fingerprint density at radius 2 is 2.17 bits per heavy atom. The van der Waals surface area contributed by atoms with E-state index in [4.69, 9.17) is 4.74 Å². The van der Waals surface area contributed by atoms with Crippen molar-refractivity contribution in [1.82, 2.24) is 15.1 Å². The van der Waals surface area contributed by atoms with Crippen molar-refractivity contribution in [2.24, 2.45) is 0 Å². The van der Waals surface area contributed by atoms with Gasteiger partial charge in [0.05, 0.1) is 6.61 Å². The summed E-state index contributed by atoms with van der Waals surface area (Å²) in [5.74, 6) is -0.146. The number of nitrogens with one attached hydrogen (secondary N) is 1. The summed E-state index contributed by atoms with van der Waals surface area (Å²) in [6.07, 6.45) is 1.15. The summed E-state index contributed by atoms with van der Waals surface area (Å²) in [4.78, 5) is 16.5. The fraction of sp³-hybridized carbons (Fsp3) is 0.923. The monoisotopic (exact) mass is 257 g/mol. The number of piperazine rings is 1. The molecular formula is C13H27N3O2. The molecule has 0 amide bonds. The third-order valence-corrected chi connectivity index (χ3v) is 3.69. The zero-order chi connectivity index (χ0) is 13.5. The van der Waals surface area contributed by atoms with E-state index in [0.29, 0.717) is 12.6 Å². The van der Waals surface area contributed by atoms with Crippen LogP contribution in [-0.4, -0.2) is 74.7 Å². The van der Waals surface area contributed by atoms with Crippen LogP contribution in [0.2, 0.25) is 0 Å². The molecule has 0 aliphatic carbocycles. The highest BCUT2D eigenvalue weighted by Gasteiger charge is 2.27. The van der Waals surface area contributed by atoms with Gasteiger partial charge < -0.3 is 15.0 Å². The topological polar surface area (TPSA) is 44.8 Å². The van der Waals surface area contributed by atoms with Crippen LogP contribution in [-0.2, 0) is 9.53 Å². The molecular weight excluding hydrogens is 230 g/mol. The molecule has 2 unspecified atom stereocenters. The third kappa shape index (κ3) is 4.23. The standard InChI is InChI=1S/C13H27N3O2/c1-5-11-9-16(8-7-15(11)4)10-12(14-3)13(17)18-6-2/h11-12,14H,5-10H2,1-4H3. The molecule has 0 aromatic heterocycles. The number of carbonyl (C=O) groups excluding carboxylic acids is 1. The lowest BCUT2D eigenvalue weighted by Gasteiger charge is -2.40. The average molecular weight is 257 g/mol. The van der Waals surface area contributed by atoms with Crippen molar-refractivity contribution < 1.29 is 9.53 Å². The number of rotatable bonds is 6. The fourth-order valence-corrected chi connectivity index (χ4v) is 2.40. The predicted molar refractivity (Wildman–Crippen MR) is 72.6 cm³/mol. The number of hydrogen-bond acceptors (Lipinski definition) is 5. The first-order valence-corrected chi connectivity index (χ1v) is 6.88. The van der Waals surface area contributed by atoms with Crippen molar-refractivity contribution in [3.8, 4) is 0 Å². The van der Waals surface area contributed by atoms with E-state index in [1.54, 1.807) is 0 Å². The van der Waals surface area contributed by atoms with Crippen LogP contribution in [0.25, 0.3) is 0 Å². The van der Waals surface area contributed by atoms with E-state index >= 15 is 0 Å². The van der Waals surface area contributed by atoms with Gasteiger partial charge in [0.25, 0.3) is 0 Å². The Morgan fingerprint density at radius 1 is 1.44 bits per heavy atom. The quantitative estimate of drug-likeness (QED) is 0.687. The summed E-state index contributed by atoms with van der Waals surface area (Å²) in [5, 5.41) is 3.05. The van der Waals surface area contributed by atoms with E-state index in [0.717, 1.165) is 32.6 Å². The Kier molecular flexibility index (Phi) is 6.60. The van der Waals surface area contributed by atoms with Gasteiger partial charge in [0.1, 0.15) is 6.04 Å². The molecule has 0 bridgehead atoms. The molecule has 1 aliphatic rings. The number of hydrogen-bond donors (Lipinski definition) is 1. The third-order valence-electron chi connectivity index (χ3n) is 3.69. The molecule has 18 heavy (non-hydrogen) atoms. The van der Waals surface area contributed by atoms with Crippen LogP contribution in [0, 0.1) is 0 Å². The van der Waals surface area contributed by atoms with Crippen molar-refractivity contribution in [3.05, 3.63) is 0 Å². The van der Waals surface area contributed by atoms with E-state index < -0.39 is 0 Å². The number of esters is 1. The van der Waals surface area contributed by atoms with Gasteiger partial charge in [0, 0.05) is 32.2 Å². The molecule has 1 saturated heterocycles. The molecule has 0 saturated carbocycles. The van der Waals surface area contributed by atoms with E-state index in [1.807, 2.05) is 14.0 Å². The SMILES string of the molecule is CCOC(=O)C(CN1CCN(C)C(CC)C1)NC. The second kappa shape index (κ2) is 7.71. The summed E-state index contributed by atoms with van der Waals surface area (Å²) in [6, 6.07) is 0.379. The van der Waals surface area contributed by atoms with Gasteiger partial charge in [-0.1, -0.05) is 6.92 Å². The van der Waals surface area contributed by atoms with Crippen LogP contribution in [0.15, 0.2) is 0 Å². The lowest BCUT2D eigenvalue weighted by molar-refractivity contribution is -0.146. The van der Waals surface area contributed by atoms with Gasteiger partial charge in [-0.2, -0.15) is 0 Å². The molecule has 1 N–H and O–H groups in total. The Hall–Kier alpha value is -0.650. The Morgan fingerprint density at radius 3 is 2.72 bits per heavy atom. The largest absolute Gasteiger partial charge is 0.465 e. The van der Waals surface area contributed by atoms with E-state index in [9.17, 15) is 4.79 Å². The Bertz CT molecular complexity index is 261. The molecule has 1 fully saturated rings. The molecule has 0 spiro atoms.